The van der Waals surface area contributed by atoms with Crippen molar-refractivity contribution >= 4 is 53.9 Å². The fourth-order valence-electron chi connectivity index (χ4n) is 5.12. The summed E-state index contributed by atoms with van der Waals surface area (Å²) in [4.78, 5) is 0. The van der Waals surface area contributed by atoms with Gasteiger partial charge in [-0.25, -0.2) is 0 Å². The molecule has 9 rings (SSSR count). The summed E-state index contributed by atoms with van der Waals surface area (Å²) >= 11 is 0. The Hall–Kier alpha value is -5.72. The smallest absolute Gasteiger partial charge is 0.0616 e. The molecule has 0 spiro atoms. The van der Waals surface area contributed by atoms with Gasteiger partial charge in [-0.05, 0) is 99.3 Å². The quantitative estimate of drug-likeness (QED) is 0.143. The van der Waals surface area contributed by atoms with Crippen LogP contribution in [-0.4, -0.2) is 0 Å². The first-order valence-corrected chi connectivity index (χ1v) is 13.0. The highest BCUT2D eigenvalue weighted by atomic mass is 14.2. The average molecular weight is 585 g/mol. The summed E-state index contributed by atoms with van der Waals surface area (Å²) in [5.74, 6) is 0. The Labute approximate surface area is 295 Å². The molecule has 0 nitrogen and oxygen atoms in total. The van der Waals surface area contributed by atoms with Crippen LogP contribution in [0, 0.1) is 0 Å². The molecule has 0 radical (unpaired) electrons. The topological polar surface area (TPSA) is 0 Å². The minimum absolute atomic E-state index is 0.502. The van der Waals surface area contributed by atoms with E-state index in [4.69, 9.17) is 23.3 Å². The van der Waals surface area contributed by atoms with E-state index in [0.717, 1.165) is 0 Å². The van der Waals surface area contributed by atoms with Gasteiger partial charge in [0.2, 0.25) is 0 Å². The average Bonchev–Trinajstić information content (AvgIpc) is 3.34. The number of benzene rings is 9. The van der Waals surface area contributed by atoms with Crippen LogP contribution in [0.15, 0.2) is 169 Å². The number of fused-ring (bicyclic) bond motifs is 6. The molecule has 0 heterocycles. The van der Waals surface area contributed by atoms with E-state index in [1.54, 1.807) is 0 Å². The molecular formula is C44H28. The van der Waals surface area contributed by atoms with E-state index < -0.39 is 256 Å². The maximum Gasteiger partial charge on any atom is 0.0636 e. The van der Waals surface area contributed by atoms with Crippen molar-refractivity contribution < 1.29 is 38.4 Å². The number of rotatable bonds is 3. The maximum atomic E-state index is 9.65. The fourth-order valence-corrected chi connectivity index (χ4v) is 5.12. The van der Waals surface area contributed by atoms with Gasteiger partial charge < -0.3 is 0 Å². The Kier molecular flexibility index (Phi) is 2.18. The predicted molar refractivity (Wildman–Crippen MR) is 190 cm³/mol. The molecule has 44 heavy (non-hydrogen) atoms. The number of hydrogen-bond donors (Lipinski definition) is 0. The second-order valence-corrected chi connectivity index (χ2v) is 9.50. The molecule has 0 saturated carbocycles. The third kappa shape index (κ3) is 3.92. The Balaban J connectivity index is 1.54. The summed E-state index contributed by atoms with van der Waals surface area (Å²) in [6.45, 7) is 0. The zero-order valence-electron chi connectivity index (χ0n) is 50.0. The molecule has 0 aliphatic rings. The van der Waals surface area contributed by atoms with Gasteiger partial charge in [-0.15, -0.1) is 0 Å². The summed E-state index contributed by atoms with van der Waals surface area (Å²) in [5.41, 5.74) is -4.77. The third-order valence-electron chi connectivity index (χ3n) is 7.06. The van der Waals surface area contributed by atoms with Crippen LogP contribution in [0.3, 0.4) is 0 Å². The van der Waals surface area contributed by atoms with E-state index in [1.807, 2.05) is 0 Å². The molecule has 9 aromatic carbocycles. The molecule has 0 atom stereocenters. The van der Waals surface area contributed by atoms with E-state index >= 15 is 0 Å². The van der Waals surface area contributed by atoms with Gasteiger partial charge in [0.05, 0.1) is 38.4 Å². The second-order valence-electron chi connectivity index (χ2n) is 9.50. The fraction of sp³-hybridized carbons (Fsp3) is 0. The predicted octanol–water partition coefficient (Wildman–Crippen LogP) is 12.5. The summed E-state index contributed by atoms with van der Waals surface area (Å²) in [6, 6.07) is -25.9. The van der Waals surface area contributed by atoms with Crippen LogP contribution >= 0.6 is 0 Å². The largest absolute Gasteiger partial charge is 0.0636 e. The van der Waals surface area contributed by atoms with Crippen LogP contribution in [0.1, 0.15) is 38.4 Å². The highest BCUT2D eigenvalue weighted by molar-refractivity contribution is 6.22. The molecule has 0 aliphatic carbocycles. The van der Waals surface area contributed by atoms with Crippen LogP contribution in [0.25, 0.3) is 87.2 Å². The van der Waals surface area contributed by atoms with Gasteiger partial charge in [-0.1, -0.05) is 157 Å². The van der Waals surface area contributed by atoms with E-state index in [1.165, 1.54) is 0 Å². The van der Waals surface area contributed by atoms with Crippen molar-refractivity contribution in [2.45, 2.75) is 0 Å². The molecular weight excluding hydrogens is 528 g/mol. The standard InChI is InChI=1S/C44H28/c1-2-11-33-27-34(23-19-29(33)9-1)30-17-21-32(22-18-30)43-39-13-5-7-15-41(39)44(42-16-8-6-14-40(42)43)36-25-26-38-35(28-36)24-20-31-10-3-4-12-37(31)38/h1-28H/i1D,2D,3D,4D,5D,6D,7D,8D,9D,10D,11D,12D,13D,14D,15D,16D,17D,18D,19D,20D,21D,22D,23D,24D,25D,26D,27D,28D. The molecule has 0 amide bonds. The normalized spacial score (nSPS) is 20.5. The van der Waals surface area contributed by atoms with Crippen molar-refractivity contribution in [1.82, 2.24) is 0 Å². The van der Waals surface area contributed by atoms with Crippen molar-refractivity contribution in [3.63, 3.8) is 0 Å². The Morgan fingerprint density at radius 2 is 0.659 bits per heavy atom. The Morgan fingerprint density at radius 1 is 0.250 bits per heavy atom. The molecule has 0 bridgehead atoms. The minimum atomic E-state index is -1.10. The Morgan fingerprint density at radius 3 is 1.34 bits per heavy atom. The lowest BCUT2D eigenvalue weighted by Gasteiger charge is -2.18. The van der Waals surface area contributed by atoms with Gasteiger partial charge >= 0.3 is 0 Å². The lowest BCUT2D eigenvalue weighted by molar-refractivity contribution is 1.63. The van der Waals surface area contributed by atoms with E-state index in [0.29, 0.717) is 0 Å². The van der Waals surface area contributed by atoms with Gasteiger partial charge in [-0.3, -0.25) is 0 Å². The van der Waals surface area contributed by atoms with Crippen LogP contribution in [-0.2, 0) is 0 Å². The van der Waals surface area contributed by atoms with Gasteiger partial charge in [0, 0.05) is 0 Å². The third-order valence-corrected chi connectivity index (χ3v) is 7.06. The van der Waals surface area contributed by atoms with Crippen LogP contribution in [0.5, 0.6) is 0 Å². The van der Waals surface area contributed by atoms with Crippen molar-refractivity contribution in [1.29, 1.82) is 0 Å². The van der Waals surface area contributed by atoms with Gasteiger partial charge in [0.1, 0.15) is 0 Å². The molecule has 0 fully saturated rings. The summed E-state index contributed by atoms with van der Waals surface area (Å²) in [6.07, 6.45) is 0. The zero-order chi connectivity index (χ0) is 53.4. The van der Waals surface area contributed by atoms with Crippen LogP contribution < -0.4 is 0 Å². The van der Waals surface area contributed by atoms with Crippen molar-refractivity contribution in [2.24, 2.45) is 0 Å². The molecule has 0 aliphatic heterocycles. The van der Waals surface area contributed by atoms with Crippen LogP contribution in [0.4, 0.5) is 0 Å². The highest BCUT2D eigenvalue weighted by Crippen LogP contribution is 2.44. The first-order chi connectivity index (χ1) is 33.5. The molecule has 0 unspecified atom stereocenters. The first kappa shape index (κ1) is 9.64. The van der Waals surface area contributed by atoms with Crippen molar-refractivity contribution in [3.8, 4) is 33.4 Å². The van der Waals surface area contributed by atoms with Crippen molar-refractivity contribution in [2.75, 3.05) is 0 Å². The van der Waals surface area contributed by atoms with E-state index in [2.05, 4.69) is 0 Å². The zero-order valence-corrected chi connectivity index (χ0v) is 22.0. The molecule has 0 aromatic heterocycles. The molecule has 0 saturated heterocycles. The lowest BCUT2D eigenvalue weighted by atomic mass is 9.85. The first-order valence-electron chi connectivity index (χ1n) is 27.0. The second kappa shape index (κ2) is 9.93. The SMILES string of the molecule is [2H]c1c([2H])c(-c2c3c([2H])c([2H])c([2H])c([2H])c3c(-c3c([2H])c([2H])c4c(c3[2H])c([2H])c([2H])c3c([2H])c([2H])c([2H])c([2H])c34)c3c([2H])c([2H])c([2H])c([2H])c23)c([2H])c([2H])c1-c1c([2H])c([2H])c2c([2H])c([2H])c([2H])c([2H])c2c1[2H]. The lowest BCUT2D eigenvalue weighted by Crippen LogP contribution is -1.91. The van der Waals surface area contributed by atoms with Crippen molar-refractivity contribution in [3.05, 3.63) is 169 Å². The van der Waals surface area contributed by atoms with Gasteiger partial charge in [-0.2, -0.15) is 0 Å². The molecule has 0 N–H and O–H groups in total. The molecule has 9 aromatic rings. The van der Waals surface area contributed by atoms with E-state index in [9.17, 15) is 15.1 Å². The maximum absolute atomic E-state index is 9.65. The monoisotopic (exact) mass is 584 g/mol. The van der Waals surface area contributed by atoms with Gasteiger partial charge in [0.25, 0.3) is 0 Å². The molecule has 204 valence electrons. The summed E-state index contributed by atoms with van der Waals surface area (Å²) in [5, 5.41) is -6.36. The van der Waals surface area contributed by atoms with Gasteiger partial charge in [0.15, 0.2) is 0 Å². The number of hydrogen-bond acceptors (Lipinski definition) is 0. The van der Waals surface area contributed by atoms with E-state index in [-0.39, 0.29) is 0 Å². The molecule has 0 heteroatoms. The summed E-state index contributed by atoms with van der Waals surface area (Å²) in [7, 11) is 0. The highest BCUT2D eigenvalue weighted by Gasteiger charge is 2.17. The minimum Gasteiger partial charge on any atom is -0.0616 e. The van der Waals surface area contributed by atoms with Crippen LogP contribution in [0.2, 0.25) is 0 Å². The Bertz CT molecular complexity index is 4010. The summed E-state index contributed by atoms with van der Waals surface area (Å²) < 4.78 is 250.